The highest BCUT2D eigenvalue weighted by Gasteiger charge is 2.53. The maximum atomic E-state index is 2.57. The number of benzene rings is 11. The van der Waals surface area contributed by atoms with Crippen LogP contribution in [0.3, 0.4) is 0 Å². The molecular weight excluding hydrogens is 747 g/mol. The number of hydrogen-bond acceptors (Lipinski definition) is 1. The lowest BCUT2D eigenvalue weighted by atomic mass is 9.70. The van der Waals surface area contributed by atoms with Gasteiger partial charge in [0.15, 0.2) is 0 Å². The van der Waals surface area contributed by atoms with E-state index < -0.39 is 5.41 Å². The van der Waals surface area contributed by atoms with Gasteiger partial charge in [0.2, 0.25) is 0 Å². The van der Waals surface area contributed by atoms with E-state index in [1.165, 1.54) is 105 Å². The summed E-state index contributed by atoms with van der Waals surface area (Å²) in [4.78, 5) is 2.57. The van der Waals surface area contributed by atoms with Crippen molar-refractivity contribution in [3.05, 3.63) is 259 Å². The molecule has 0 heterocycles. The molecule has 0 saturated carbocycles. The molecule has 1 heteroatoms. The van der Waals surface area contributed by atoms with Crippen molar-refractivity contribution in [1.29, 1.82) is 0 Å². The van der Waals surface area contributed by atoms with Crippen LogP contribution in [0, 0.1) is 0 Å². The molecule has 2 aliphatic rings. The van der Waals surface area contributed by atoms with E-state index in [2.05, 4.69) is 241 Å². The molecule has 1 spiro atoms. The number of nitrogens with zero attached hydrogens (tertiary/aromatic N) is 1. The minimum atomic E-state index is -0.528. The summed E-state index contributed by atoms with van der Waals surface area (Å²) in [6, 6.07) is 88.0. The third-order valence-electron chi connectivity index (χ3n) is 13.7. The van der Waals surface area contributed by atoms with Crippen molar-refractivity contribution < 1.29 is 0 Å². The Morgan fingerprint density at radius 1 is 0.258 bits per heavy atom. The zero-order valence-corrected chi connectivity index (χ0v) is 34.0. The van der Waals surface area contributed by atoms with Crippen molar-refractivity contribution in [3.8, 4) is 44.5 Å². The van der Waals surface area contributed by atoms with Crippen LogP contribution in [-0.4, -0.2) is 0 Å². The normalized spacial score (nSPS) is 13.0. The maximum Gasteiger partial charge on any atom is 0.0746 e. The topological polar surface area (TPSA) is 3.24 Å². The van der Waals surface area contributed by atoms with E-state index in [0.29, 0.717) is 0 Å². The van der Waals surface area contributed by atoms with E-state index in [1.807, 2.05) is 0 Å². The highest BCUT2D eigenvalue weighted by atomic mass is 15.1. The average Bonchev–Trinajstić information content (AvgIpc) is 3.82. The smallest absolute Gasteiger partial charge is 0.0746 e. The Hall–Kier alpha value is -8.00. The van der Waals surface area contributed by atoms with Crippen molar-refractivity contribution in [2.45, 2.75) is 5.41 Å². The molecule has 0 aliphatic heterocycles. The van der Waals surface area contributed by atoms with Gasteiger partial charge in [-0.05, 0) is 112 Å². The number of anilines is 3. The minimum absolute atomic E-state index is 0.528. The number of hydrogen-bond donors (Lipinski definition) is 0. The van der Waals surface area contributed by atoms with Gasteiger partial charge in [0.1, 0.15) is 0 Å². The predicted octanol–water partition coefficient (Wildman–Crippen LogP) is 16.3. The van der Waals surface area contributed by atoms with Crippen LogP contribution in [0.5, 0.6) is 0 Å². The molecule has 2 aliphatic carbocycles. The second kappa shape index (κ2) is 13.5. The molecule has 0 amide bonds. The fourth-order valence-corrected chi connectivity index (χ4v) is 11.1. The van der Waals surface area contributed by atoms with Crippen LogP contribution < -0.4 is 4.90 Å². The Bertz CT molecular complexity index is 3480. The predicted molar refractivity (Wildman–Crippen MR) is 261 cm³/mol. The van der Waals surface area contributed by atoms with Crippen LogP contribution >= 0.6 is 0 Å². The molecule has 0 N–H and O–H groups in total. The van der Waals surface area contributed by atoms with Crippen LogP contribution in [0.1, 0.15) is 22.3 Å². The number of fused-ring (bicyclic) bond motifs is 16. The molecule has 0 radical (unpaired) electrons. The molecule has 0 saturated heterocycles. The van der Waals surface area contributed by atoms with E-state index in [-0.39, 0.29) is 0 Å². The van der Waals surface area contributed by atoms with Gasteiger partial charge in [-0.2, -0.15) is 0 Å². The molecular formula is C61H39N. The monoisotopic (exact) mass is 785 g/mol. The van der Waals surface area contributed by atoms with Crippen molar-refractivity contribution in [2.75, 3.05) is 4.90 Å². The van der Waals surface area contributed by atoms with Crippen LogP contribution in [0.15, 0.2) is 237 Å². The van der Waals surface area contributed by atoms with Gasteiger partial charge in [-0.3, -0.25) is 0 Å². The first kappa shape index (κ1) is 34.8. The minimum Gasteiger partial charge on any atom is -0.309 e. The van der Waals surface area contributed by atoms with Crippen molar-refractivity contribution in [1.82, 2.24) is 0 Å². The first-order valence-electron chi connectivity index (χ1n) is 21.6. The lowest BCUT2D eigenvalue weighted by molar-refractivity contribution is 0.793. The molecule has 1 nitrogen and oxygen atoms in total. The quantitative estimate of drug-likeness (QED) is 0.157. The molecule has 0 unspecified atom stereocenters. The summed E-state index contributed by atoms with van der Waals surface area (Å²) < 4.78 is 0. The Kier molecular flexibility index (Phi) is 7.59. The Morgan fingerprint density at radius 3 is 1.29 bits per heavy atom. The van der Waals surface area contributed by atoms with Crippen LogP contribution in [0.4, 0.5) is 17.1 Å². The van der Waals surface area contributed by atoms with Crippen LogP contribution in [-0.2, 0) is 5.41 Å². The van der Waals surface area contributed by atoms with Gasteiger partial charge in [-0.1, -0.05) is 212 Å². The molecule has 62 heavy (non-hydrogen) atoms. The van der Waals surface area contributed by atoms with Gasteiger partial charge < -0.3 is 4.90 Å². The molecule has 13 rings (SSSR count). The maximum absolute atomic E-state index is 2.57. The standard InChI is InChI=1S/C61H39N/c1-2-17-40(18-3-1)41-33-35-42(36-34-41)44-19-11-15-31-58(44)62(43-37-38-49-47-22-5-4-20-45(47)46-21-6-7-23-48(46)54(49)39-43)59-32-16-27-53-52-26-10-14-30-57(52)61(60(53)59)55-28-12-8-24-50(55)51-25-9-13-29-56(51)61/h1-39H. The molecule has 11 aromatic rings. The molecule has 11 aromatic carbocycles. The van der Waals surface area contributed by atoms with Crippen molar-refractivity contribution in [2.24, 2.45) is 0 Å². The van der Waals surface area contributed by atoms with Crippen molar-refractivity contribution >= 4 is 49.4 Å². The van der Waals surface area contributed by atoms with Crippen LogP contribution in [0.25, 0.3) is 76.8 Å². The van der Waals surface area contributed by atoms with Gasteiger partial charge in [-0.25, -0.2) is 0 Å². The Labute approximate surface area is 361 Å². The van der Waals surface area contributed by atoms with Gasteiger partial charge in [0, 0.05) is 16.8 Å². The summed E-state index contributed by atoms with van der Waals surface area (Å²) in [7, 11) is 0. The summed E-state index contributed by atoms with van der Waals surface area (Å²) in [5.41, 5.74) is 18.1. The summed E-state index contributed by atoms with van der Waals surface area (Å²) >= 11 is 0. The lowest BCUT2D eigenvalue weighted by Crippen LogP contribution is -2.28. The van der Waals surface area contributed by atoms with E-state index in [4.69, 9.17) is 0 Å². The first-order valence-corrected chi connectivity index (χ1v) is 21.6. The summed E-state index contributed by atoms with van der Waals surface area (Å²) in [5, 5.41) is 7.58. The van der Waals surface area contributed by atoms with E-state index in [0.717, 1.165) is 11.4 Å². The average molecular weight is 786 g/mol. The molecule has 288 valence electrons. The third-order valence-corrected chi connectivity index (χ3v) is 13.7. The van der Waals surface area contributed by atoms with E-state index in [1.54, 1.807) is 0 Å². The molecule has 0 atom stereocenters. The number of rotatable bonds is 5. The van der Waals surface area contributed by atoms with Gasteiger partial charge >= 0.3 is 0 Å². The fraction of sp³-hybridized carbons (Fsp3) is 0.0164. The summed E-state index contributed by atoms with van der Waals surface area (Å²) in [6.45, 7) is 0. The van der Waals surface area contributed by atoms with Gasteiger partial charge in [-0.15, -0.1) is 0 Å². The fourth-order valence-electron chi connectivity index (χ4n) is 11.1. The van der Waals surface area contributed by atoms with Crippen molar-refractivity contribution in [3.63, 3.8) is 0 Å². The Balaban J connectivity index is 1.13. The van der Waals surface area contributed by atoms with E-state index in [9.17, 15) is 0 Å². The zero-order valence-electron chi connectivity index (χ0n) is 34.0. The summed E-state index contributed by atoms with van der Waals surface area (Å²) in [6.07, 6.45) is 0. The van der Waals surface area contributed by atoms with Gasteiger partial charge in [0.25, 0.3) is 0 Å². The highest BCUT2D eigenvalue weighted by Crippen LogP contribution is 2.65. The first-order chi connectivity index (χ1) is 30.8. The largest absolute Gasteiger partial charge is 0.309 e. The number of para-hydroxylation sites is 1. The second-order valence-corrected chi connectivity index (χ2v) is 16.7. The Morgan fingerprint density at radius 2 is 0.677 bits per heavy atom. The van der Waals surface area contributed by atoms with Gasteiger partial charge in [0.05, 0.1) is 16.8 Å². The summed E-state index contributed by atoms with van der Waals surface area (Å²) in [5.74, 6) is 0. The zero-order chi connectivity index (χ0) is 40.8. The second-order valence-electron chi connectivity index (χ2n) is 16.7. The molecule has 0 fully saturated rings. The highest BCUT2D eigenvalue weighted by molar-refractivity contribution is 6.26. The SMILES string of the molecule is c1ccc(-c2ccc(-c3ccccc3N(c3ccc4c5ccccc5c5ccccc5c4c3)c3cccc4c3C3(c5ccccc5-c5ccccc53)c3ccccc3-4)cc2)cc1. The van der Waals surface area contributed by atoms with E-state index >= 15 is 0 Å². The molecule has 0 aromatic heterocycles. The molecule has 0 bridgehead atoms. The third kappa shape index (κ3) is 4.85. The lowest BCUT2D eigenvalue weighted by Gasteiger charge is -2.36. The van der Waals surface area contributed by atoms with Crippen LogP contribution in [0.2, 0.25) is 0 Å².